The Balaban J connectivity index is 1.53. The topological polar surface area (TPSA) is 24.9 Å². The summed E-state index contributed by atoms with van der Waals surface area (Å²) in [4.78, 5) is 5.15. The normalized spacial score (nSPS) is 20.4. The van der Waals surface area contributed by atoms with Crippen molar-refractivity contribution >= 4 is 0 Å². The standard InChI is InChI=1S/C25H34N2/c1-4-11-20(12-5-1)19-23-17-10-18-24(26-23)25(21-13-6-2-7-14-21)27-22-15-8-3-9-16-22/h1,4-5,10-12,17-18,21-22,25,27H,2-3,6-9,13-16,19H2. The van der Waals surface area contributed by atoms with E-state index in [1.807, 2.05) is 0 Å². The monoisotopic (exact) mass is 362 g/mol. The van der Waals surface area contributed by atoms with Crippen molar-refractivity contribution in [3.63, 3.8) is 0 Å². The van der Waals surface area contributed by atoms with Crippen molar-refractivity contribution in [2.75, 3.05) is 0 Å². The number of hydrogen-bond acceptors (Lipinski definition) is 2. The van der Waals surface area contributed by atoms with Crippen molar-refractivity contribution in [2.24, 2.45) is 5.92 Å². The molecule has 2 heteroatoms. The molecule has 0 radical (unpaired) electrons. The molecule has 2 nitrogen and oxygen atoms in total. The molecule has 1 heterocycles. The van der Waals surface area contributed by atoms with Gasteiger partial charge in [0.05, 0.1) is 11.7 Å². The van der Waals surface area contributed by atoms with Gasteiger partial charge >= 0.3 is 0 Å². The molecule has 2 saturated carbocycles. The van der Waals surface area contributed by atoms with Gasteiger partial charge in [-0.05, 0) is 49.3 Å². The fourth-order valence-corrected chi connectivity index (χ4v) is 5.03. The molecule has 1 N–H and O–H groups in total. The maximum absolute atomic E-state index is 5.15. The second kappa shape index (κ2) is 9.50. The van der Waals surface area contributed by atoms with E-state index in [0.717, 1.165) is 12.3 Å². The van der Waals surface area contributed by atoms with Crippen LogP contribution in [0.5, 0.6) is 0 Å². The van der Waals surface area contributed by atoms with Crippen LogP contribution in [0.2, 0.25) is 0 Å². The zero-order valence-electron chi connectivity index (χ0n) is 16.6. The fraction of sp³-hybridized carbons (Fsp3) is 0.560. The lowest BCUT2D eigenvalue weighted by Crippen LogP contribution is -2.39. The maximum Gasteiger partial charge on any atom is 0.0579 e. The quantitative estimate of drug-likeness (QED) is 0.660. The number of rotatable bonds is 6. The molecule has 0 aliphatic heterocycles. The highest BCUT2D eigenvalue weighted by Crippen LogP contribution is 2.35. The maximum atomic E-state index is 5.15. The van der Waals surface area contributed by atoms with Crippen LogP contribution in [0.3, 0.4) is 0 Å². The predicted octanol–water partition coefficient (Wildman–Crippen LogP) is 6.22. The van der Waals surface area contributed by atoms with Crippen molar-refractivity contribution in [3.05, 3.63) is 65.5 Å². The number of nitrogens with one attached hydrogen (secondary N) is 1. The minimum Gasteiger partial charge on any atom is -0.306 e. The van der Waals surface area contributed by atoms with Gasteiger partial charge in [0.15, 0.2) is 0 Å². The van der Waals surface area contributed by atoms with Gasteiger partial charge in [-0.25, -0.2) is 0 Å². The van der Waals surface area contributed by atoms with E-state index in [-0.39, 0.29) is 0 Å². The van der Waals surface area contributed by atoms with Crippen molar-refractivity contribution in [2.45, 2.75) is 82.7 Å². The molecule has 2 aliphatic carbocycles. The average Bonchev–Trinajstić information content (AvgIpc) is 2.74. The van der Waals surface area contributed by atoms with Crippen molar-refractivity contribution in [1.29, 1.82) is 0 Å². The SMILES string of the molecule is c1ccc(Cc2cccc(C(NC3CCCCC3)C3CCCCC3)n2)cc1. The number of aromatic nitrogens is 1. The molecule has 1 unspecified atom stereocenters. The summed E-state index contributed by atoms with van der Waals surface area (Å²) in [6.07, 6.45) is 14.7. The minimum absolute atomic E-state index is 0.434. The summed E-state index contributed by atoms with van der Waals surface area (Å²) < 4.78 is 0. The van der Waals surface area contributed by atoms with Gasteiger partial charge in [-0.15, -0.1) is 0 Å². The van der Waals surface area contributed by atoms with Gasteiger partial charge in [-0.1, -0.05) is 74.9 Å². The van der Waals surface area contributed by atoms with Crippen LogP contribution in [0.15, 0.2) is 48.5 Å². The van der Waals surface area contributed by atoms with Crippen molar-refractivity contribution < 1.29 is 0 Å². The lowest BCUT2D eigenvalue weighted by atomic mass is 9.81. The Hall–Kier alpha value is -1.67. The molecule has 2 fully saturated rings. The second-order valence-electron chi connectivity index (χ2n) is 8.59. The van der Waals surface area contributed by atoms with E-state index in [1.165, 1.54) is 81.2 Å². The molecule has 0 spiro atoms. The van der Waals surface area contributed by atoms with Crippen LogP contribution in [0.4, 0.5) is 0 Å². The highest BCUT2D eigenvalue weighted by atomic mass is 15.0. The van der Waals surface area contributed by atoms with Gasteiger partial charge in [0.1, 0.15) is 0 Å². The third-order valence-corrected chi connectivity index (χ3v) is 6.52. The molecule has 0 saturated heterocycles. The Bertz CT molecular complexity index is 684. The molecule has 2 aliphatic rings. The molecule has 1 atom stereocenters. The molecule has 27 heavy (non-hydrogen) atoms. The molecule has 0 bridgehead atoms. The highest BCUT2D eigenvalue weighted by Gasteiger charge is 2.28. The molecule has 0 amide bonds. The second-order valence-corrected chi connectivity index (χ2v) is 8.59. The summed E-state index contributed by atoms with van der Waals surface area (Å²) in [5, 5.41) is 4.07. The van der Waals surface area contributed by atoms with Crippen LogP contribution >= 0.6 is 0 Å². The first-order valence-electron chi connectivity index (χ1n) is 11.1. The summed E-state index contributed by atoms with van der Waals surface area (Å²) in [6, 6.07) is 18.5. The van der Waals surface area contributed by atoms with Crippen LogP contribution in [0, 0.1) is 5.92 Å². The largest absolute Gasteiger partial charge is 0.306 e. The highest BCUT2D eigenvalue weighted by molar-refractivity contribution is 5.24. The van der Waals surface area contributed by atoms with Crippen molar-refractivity contribution in [1.82, 2.24) is 10.3 Å². The number of hydrogen-bond donors (Lipinski definition) is 1. The number of benzene rings is 1. The Morgan fingerprint density at radius 2 is 1.48 bits per heavy atom. The average molecular weight is 363 g/mol. The third-order valence-electron chi connectivity index (χ3n) is 6.52. The number of nitrogens with zero attached hydrogens (tertiary/aromatic N) is 1. The van der Waals surface area contributed by atoms with Crippen LogP contribution in [-0.2, 0) is 6.42 Å². The summed E-state index contributed by atoms with van der Waals surface area (Å²) in [7, 11) is 0. The van der Waals surface area contributed by atoms with Gasteiger partial charge in [0.2, 0.25) is 0 Å². The van der Waals surface area contributed by atoms with E-state index in [9.17, 15) is 0 Å². The summed E-state index contributed by atoms with van der Waals surface area (Å²) in [6.45, 7) is 0. The van der Waals surface area contributed by atoms with Crippen molar-refractivity contribution in [3.8, 4) is 0 Å². The van der Waals surface area contributed by atoms with E-state index >= 15 is 0 Å². The Labute approximate surface area is 164 Å². The molecular weight excluding hydrogens is 328 g/mol. The minimum atomic E-state index is 0.434. The first-order chi connectivity index (χ1) is 13.4. The van der Waals surface area contributed by atoms with Crippen LogP contribution < -0.4 is 5.32 Å². The zero-order valence-corrected chi connectivity index (χ0v) is 16.6. The van der Waals surface area contributed by atoms with E-state index in [1.54, 1.807) is 0 Å². The molecule has 4 rings (SSSR count). The van der Waals surface area contributed by atoms with Gasteiger partial charge < -0.3 is 5.32 Å². The van der Waals surface area contributed by atoms with Gasteiger partial charge in [0.25, 0.3) is 0 Å². The third kappa shape index (κ3) is 5.19. The first-order valence-corrected chi connectivity index (χ1v) is 11.1. The molecule has 1 aromatic heterocycles. The summed E-state index contributed by atoms with van der Waals surface area (Å²) in [5.74, 6) is 0.750. The van der Waals surface area contributed by atoms with E-state index in [4.69, 9.17) is 4.98 Å². The van der Waals surface area contributed by atoms with Gasteiger partial charge in [0, 0.05) is 18.2 Å². The van der Waals surface area contributed by atoms with E-state index in [0.29, 0.717) is 12.1 Å². The molecule has 2 aromatic rings. The Morgan fingerprint density at radius 1 is 0.778 bits per heavy atom. The smallest absolute Gasteiger partial charge is 0.0579 e. The van der Waals surface area contributed by atoms with Gasteiger partial charge in [-0.2, -0.15) is 0 Å². The Kier molecular flexibility index (Phi) is 6.58. The van der Waals surface area contributed by atoms with Crippen LogP contribution in [0.25, 0.3) is 0 Å². The van der Waals surface area contributed by atoms with E-state index < -0.39 is 0 Å². The predicted molar refractivity (Wildman–Crippen MR) is 113 cm³/mol. The summed E-state index contributed by atoms with van der Waals surface area (Å²) in [5.41, 5.74) is 3.82. The lowest BCUT2D eigenvalue weighted by Gasteiger charge is -2.35. The first kappa shape index (κ1) is 18.7. The zero-order chi connectivity index (χ0) is 18.3. The lowest BCUT2D eigenvalue weighted by molar-refractivity contribution is 0.230. The van der Waals surface area contributed by atoms with Gasteiger partial charge in [-0.3, -0.25) is 4.98 Å². The summed E-state index contributed by atoms with van der Waals surface area (Å²) >= 11 is 0. The van der Waals surface area contributed by atoms with E-state index in [2.05, 4.69) is 53.8 Å². The Morgan fingerprint density at radius 3 is 2.22 bits per heavy atom. The molecule has 1 aromatic carbocycles. The molecule has 144 valence electrons. The van der Waals surface area contributed by atoms with Crippen LogP contribution in [-0.4, -0.2) is 11.0 Å². The molecular formula is C25H34N2. The van der Waals surface area contributed by atoms with Crippen LogP contribution in [0.1, 0.15) is 87.2 Å². The fourth-order valence-electron chi connectivity index (χ4n) is 5.03. The number of pyridine rings is 1.